The van der Waals surface area contributed by atoms with Crippen molar-refractivity contribution < 1.29 is 0 Å². The molecule has 0 aliphatic heterocycles. The van der Waals surface area contributed by atoms with Gasteiger partial charge in [0, 0.05) is 18.2 Å². The number of imidazole rings is 1. The Hall–Kier alpha value is -2.36. The van der Waals surface area contributed by atoms with Crippen molar-refractivity contribution >= 4 is 16.9 Å². The second-order valence-corrected chi connectivity index (χ2v) is 5.97. The highest BCUT2D eigenvalue weighted by Gasteiger charge is 2.18. The fourth-order valence-electron chi connectivity index (χ4n) is 3.07. The smallest absolute Gasteiger partial charge is 0.129 e. The van der Waals surface area contributed by atoms with Gasteiger partial charge < -0.3 is 10.3 Å². The first-order valence-electron chi connectivity index (χ1n) is 7.73. The summed E-state index contributed by atoms with van der Waals surface area (Å²) in [5, 5.41) is 0. The third-order valence-electron chi connectivity index (χ3n) is 4.18. The third-order valence-corrected chi connectivity index (χ3v) is 4.18. The van der Waals surface area contributed by atoms with Gasteiger partial charge in [0.1, 0.15) is 17.0 Å². The Bertz CT molecular complexity index is 830. The van der Waals surface area contributed by atoms with Crippen LogP contribution in [-0.4, -0.2) is 14.5 Å². The van der Waals surface area contributed by atoms with Crippen LogP contribution in [0.3, 0.4) is 0 Å². The van der Waals surface area contributed by atoms with Crippen LogP contribution in [0.4, 0.5) is 5.82 Å². The highest BCUT2D eigenvalue weighted by atomic mass is 15.0. The Balaban J connectivity index is 2.39. The lowest BCUT2D eigenvalue weighted by molar-refractivity contribution is 0.868. The Labute approximate surface area is 131 Å². The van der Waals surface area contributed by atoms with Crippen molar-refractivity contribution in [3.63, 3.8) is 0 Å². The number of nitrogens with zero attached hydrogens (tertiary/aromatic N) is 3. The molecule has 0 aliphatic carbocycles. The molecule has 1 aromatic carbocycles. The number of aromatic nitrogens is 3. The highest BCUT2D eigenvalue weighted by Crippen LogP contribution is 2.35. The number of anilines is 1. The van der Waals surface area contributed by atoms with E-state index in [0.717, 1.165) is 34.3 Å². The van der Waals surface area contributed by atoms with E-state index in [1.165, 1.54) is 5.56 Å². The zero-order valence-corrected chi connectivity index (χ0v) is 13.6. The summed E-state index contributed by atoms with van der Waals surface area (Å²) in [4.78, 5) is 9.29. The van der Waals surface area contributed by atoms with Crippen molar-refractivity contribution in [1.82, 2.24) is 14.5 Å². The summed E-state index contributed by atoms with van der Waals surface area (Å²) in [6, 6.07) is 8.37. The number of benzene rings is 1. The summed E-state index contributed by atoms with van der Waals surface area (Å²) < 4.78 is 2.04. The number of hydrogen-bond acceptors (Lipinski definition) is 3. The maximum absolute atomic E-state index is 6.24. The minimum absolute atomic E-state index is 0.420. The summed E-state index contributed by atoms with van der Waals surface area (Å²) in [6.45, 7) is 6.48. The molecule has 2 N–H and O–H groups in total. The van der Waals surface area contributed by atoms with Crippen LogP contribution in [-0.2, 0) is 13.5 Å². The van der Waals surface area contributed by atoms with Gasteiger partial charge in [-0.05, 0) is 17.9 Å². The number of pyridine rings is 1. The van der Waals surface area contributed by atoms with E-state index in [-0.39, 0.29) is 0 Å². The Morgan fingerprint density at radius 3 is 2.64 bits per heavy atom. The molecule has 4 nitrogen and oxygen atoms in total. The van der Waals surface area contributed by atoms with Gasteiger partial charge >= 0.3 is 0 Å². The van der Waals surface area contributed by atoms with Gasteiger partial charge in [0.2, 0.25) is 0 Å². The van der Waals surface area contributed by atoms with Gasteiger partial charge in [0.25, 0.3) is 0 Å². The van der Waals surface area contributed by atoms with Crippen molar-refractivity contribution in [2.75, 3.05) is 5.73 Å². The van der Waals surface area contributed by atoms with E-state index in [1.807, 2.05) is 24.0 Å². The molecule has 0 radical (unpaired) electrons. The summed E-state index contributed by atoms with van der Waals surface area (Å²) in [5.41, 5.74) is 12.6. The van der Waals surface area contributed by atoms with Gasteiger partial charge in [0.15, 0.2) is 0 Å². The van der Waals surface area contributed by atoms with Crippen molar-refractivity contribution in [3.05, 3.63) is 41.7 Å². The van der Waals surface area contributed by atoms with Crippen molar-refractivity contribution in [3.8, 4) is 11.3 Å². The highest BCUT2D eigenvalue weighted by molar-refractivity contribution is 5.95. The molecule has 0 saturated heterocycles. The minimum atomic E-state index is 0.420. The molecule has 0 saturated carbocycles. The van der Waals surface area contributed by atoms with Gasteiger partial charge in [-0.2, -0.15) is 0 Å². The van der Waals surface area contributed by atoms with E-state index in [9.17, 15) is 0 Å². The molecule has 0 aliphatic rings. The number of rotatable bonds is 3. The van der Waals surface area contributed by atoms with E-state index < -0.39 is 0 Å². The average Bonchev–Trinajstić information content (AvgIpc) is 2.89. The molecule has 2 aromatic heterocycles. The van der Waals surface area contributed by atoms with Crippen LogP contribution in [0.2, 0.25) is 0 Å². The predicted octanol–water partition coefficient (Wildman–Crippen LogP) is 3.90. The van der Waals surface area contributed by atoms with E-state index >= 15 is 0 Å². The van der Waals surface area contributed by atoms with Crippen LogP contribution in [0.5, 0.6) is 0 Å². The van der Waals surface area contributed by atoms with E-state index in [2.05, 4.69) is 44.0 Å². The summed E-state index contributed by atoms with van der Waals surface area (Å²) in [5.74, 6) is 1.02. The van der Waals surface area contributed by atoms with Crippen molar-refractivity contribution in [1.29, 1.82) is 0 Å². The Morgan fingerprint density at radius 1 is 1.23 bits per heavy atom. The zero-order valence-electron chi connectivity index (χ0n) is 13.6. The van der Waals surface area contributed by atoms with Crippen LogP contribution in [0.25, 0.3) is 22.3 Å². The molecule has 0 atom stereocenters. The lowest BCUT2D eigenvalue weighted by Gasteiger charge is -2.15. The minimum Gasteiger partial charge on any atom is -0.383 e. The average molecular weight is 294 g/mol. The van der Waals surface area contributed by atoms with Crippen LogP contribution >= 0.6 is 0 Å². The summed E-state index contributed by atoms with van der Waals surface area (Å²) in [6.07, 6.45) is 2.69. The van der Waals surface area contributed by atoms with Crippen LogP contribution in [0, 0.1) is 0 Å². The number of nitrogens with two attached hydrogens (primary N) is 1. The number of nitrogen functional groups attached to an aromatic ring is 1. The second kappa shape index (κ2) is 5.44. The number of aryl methyl sites for hydroxylation is 2. The van der Waals surface area contributed by atoms with E-state index in [1.54, 1.807) is 0 Å². The molecule has 0 amide bonds. The molecule has 114 valence electrons. The predicted molar refractivity (Wildman–Crippen MR) is 91.8 cm³/mol. The molecular formula is C18H22N4. The summed E-state index contributed by atoms with van der Waals surface area (Å²) >= 11 is 0. The number of fused-ring (bicyclic) bond motifs is 1. The molecule has 3 rings (SSSR count). The van der Waals surface area contributed by atoms with Gasteiger partial charge in [-0.15, -0.1) is 0 Å². The van der Waals surface area contributed by atoms with Crippen LogP contribution in [0.1, 0.15) is 37.8 Å². The first-order valence-corrected chi connectivity index (χ1v) is 7.73. The van der Waals surface area contributed by atoms with Gasteiger partial charge in [-0.25, -0.2) is 9.97 Å². The molecule has 0 unspecified atom stereocenters. The van der Waals surface area contributed by atoms with Gasteiger partial charge in [-0.3, -0.25) is 0 Å². The first-order chi connectivity index (χ1) is 10.5. The van der Waals surface area contributed by atoms with Crippen molar-refractivity contribution in [2.45, 2.75) is 33.1 Å². The lowest BCUT2D eigenvalue weighted by Crippen LogP contribution is -2.03. The molecule has 4 heteroatoms. The van der Waals surface area contributed by atoms with E-state index in [0.29, 0.717) is 11.7 Å². The molecule has 0 bridgehead atoms. The molecule has 2 heterocycles. The van der Waals surface area contributed by atoms with Crippen LogP contribution < -0.4 is 5.73 Å². The monoisotopic (exact) mass is 294 g/mol. The topological polar surface area (TPSA) is 56.7 Å². The van der Waals surface area contributed by atoms with E-state index in [4.69, 9.17) is 10.7 Å². The molecule has 22 heavy (non-hydrogen) atoms. The Morgan fingerprint density at radius 2 is 1.95 bits per heavy atom. The SMILES string of the molecule is CCc1c(N)nc(-c2ccccc2C(C)C)c2ncn(C)c12. The number of hydrogen-bond donors (Lipinski definition) is 1. The zero-order chi connectivity index (χ0) is 15.9. The fraction of sp³-hybridized carbons (Fsp3) is 0.333. The van der Waals surface area contributed by atoms with Gasteiger partial charge in [0.05, 0.1) is 11.8 Å². The molecular weight excluding hydrogens is 272 g/mol. The maximum Gasteiger partial charge on any atom is 0.129 e. The molecule has 0 fully saturated rings. The normalized spacial score (nSPS) is 11.5. The molecule has 0 spiro atoms. The van der Waals surface area contributed by atoms with Crippen molar-refractivity contribution in [2.24, 2.45) is 7.05 Å². The second-order valence-electron chi connectivity index (χ2n) is 5.97. The fourth-order valence-corrected chi connectivity index (χ4v) is 3.07. The summed E-state index contributed by atoms with van der Waals surface area (Å²) in [7, 11) is 2.01. The largest absolute Gasteiger partial charge is 0.383 e. The Kier molecular flexibility index (Phi) is 3.61. The maximum atomic E-state index is 6.24. The van der Waals surface area contributed by atoms with Gasteiger partial charge in [-0.1, -0.05) is 45.0 Å². The first kappa shape index (κ1) is 14.6. The van der Waals surface area contributed by atoms with Crippen LogP contribution in [0.15, 0.2) is 30.6 Å². The third kappa shape index (κ3) is 2.15. The quantitative estimate of drug-likeness (QED) is 0.797. The lowest BCUT2D eigenvalue weighted by atomic mass is 9.94. The standard InChI is InChI=1S/C18H22N4/c1-5-12-17-16(20-10-22(17)4)15(21-18(12)19)14-9-7-6-8-13(14)11(2)3/h6-11H,5H2,1-4H3,(H2,19,21). The molecule has 3 aromatic rings.